The lowest BCUT2D eigenvalue weighted by Crippen LogP contribution is -2.45. The van der Waals surface area contributed by atoms with Crippen molar-refractivity contribution in [3.05, 3.63) is 47.4 Å². The van der Waals surface area contributed by atoms with Gasteiger partial charge in [0.05, 0.1) is 6.61 Å². The van der Waals surface area contributed by atoms with Crippen LogP contribution in [0.3, 0.4) is 0 Å². The average molecular weight is 389 g/mol. The molecular formula is C21H27NO6. The summed E-state index contributed by atoms with van der Waals surface area (Å²) in [5.41, 5.74) is 0.952. The second kappa shape index (κ2) is 8.65. The van der Waals surface area contributed by atoms with Crippen LogP contribution in [-0.4, -0.2) is 59.4 Å². The van der Waals surface area contributed by atoms with E-state index in [0.717, 1.165) is 25.7 Å². The van der Waals surface area contributed by atoms with Crippen molar-refractivity contribution in [2.45, 2.75) is 44.7 Å². The fourth-order valence-electron chi connectivity index (χ4n) is 4.85. The monoisotopic (exact) mass is 389 g/mol. The Hall–Kier alpha value is -2.54. The van der Waals surface area contributed by atoms with Gasteiger partial charge in [0.25, 0.3) is 12.4 Å². The number of allylic oxidation sites excluding steroid dienone is 1. The number of carbonyl (C=O) groups excluding carboxylic acids is 1. The normalized spacial score (nSPS) is 28.1. The highest BCUT2D eigenvalue weighted by molar-refractivity contribution is 5.93. The number of rotatable bonds is 4. The summed E-state index contributed by atoms with van der Waals surface area (Å²) >= 11 is 0. The number of ether oxygens (including phenoxy) is 2. The molecule has 1 amide bonds. The van der Waals surface area contributed by atoms with E-state index in [2.05, 4.69) is 12.1 Å². The molecule has 2 saturated heterocycles. The number of hydrogen-bond acceptors (Lipinski definition) is 5. The highest BCUT2D eigenvalue weighted by Gasteiger charge is 2.57. The standard InChI is InChI=1S/C20H25NO4.CH2O2/c1-14-18(25-10-9-24-14)19(23)21-16-7-8-17(21)20(12-16,13-22)11-15-5-3-2-4-6-15;2-1-3/h2-6,16-17,22H,7-13H2,1H3;1H,(H,2,3)/t16-,17+,20-;/m1./s1. The van der Waals surface area contributed by atoms with Gasteiger partial charge in [-0.3, -0.25) is 9.59 Å². The summed E-state index contributed by atoms with van der Waals surface area (Å²) in [5, 5.41) is 17.1. The molecule has 1 aromatic rings. The number of hydrogen-bond donors (Lipinski definition) is 2. The van der Waals surface area contributed by atoms with Crippen molar-refractivity contribution >= 4 is 12.4 Å². The predicted octanol–water partition coefficient (Wildman–Crippen LogP) is 1.95. The second-order valence-corrected chi connectivity index (χ2v) is 7.53. The lowest BCUT2D eigenvalue weighted by molar-refractivity contribution is -0.135. The van der Waals surface area contributed by atoms with E-state index in [1.807, 2.05) is 23.1 Å². The van der Waals surface area contributed by atoms with Gasteiger partial charge in [0.2, 0.25) is 5.76 Å². The molecule has 3 heterocycles. The Kier molecular flexibility index (Phi) is 6.24. The Labute approximate surface area is 164 Å². The molecule has 2 N–H and O–H groups in total. The Morgan fingerprint density at radius 1 is 1.25 bits per heavy atom. The van der Waals surface area contributed by atoms with E-state index in [-0.39, 0.29) is 36.5 Å². The van der Waals surface area contributed by atoms with Crippen LogP contribution in [0.1, 0.15) is 31.7 Å². The number of nitrogens with zero attached hydrogens (tertiary/aromatic N) is 1. The van der Waals surface area contributed by atoms with Crippen LogP contribution in [0, 0.1) is 5.41 Å². The Morgan fingerprint density at radius 3 is 2.57 bits per heavy atom. The Balaban J connectivity index is 0.000000706. The topological polar surface area (TPSA) is 96.3 Å². The van der Waals surface area contributed by atoms with Gasteiger partial charge in [-0.1, -0.05) is 30.3 Å². The fraction of sp³-hybridized carbons (Fsp3) is 0.524. The molecule has 3 aliphatic rings. The van der Waals surface area contributed by atoms with Crippen LogP contribution in [-0.2, 0) is 25.5 Å². The van der Waals surface area contributed by atoms with Crippen molar-refractivity contribution in [1.82, 2.24) is 4.90 Å². The molecule has 0 unspecified atom stereocenters. The number of aliphatic hydroxyl groups excluding tert-OH is 1. The van der Waals surface area contributed by atoms with Gasteiger partial charge in [-0.05, 0) is 38.2 Å². The molecule has 0 spiro atoms. The molecule has 2 bridgehead atoms. The SMILES string of the molecule is CC1=C(C(=O)N2[C@@H]3CC[C@H]2[C@](CO)(Cc2ccccc2)C3)OCCO1.O=CO. The van der Waals surface area contributed by atoms with Crippen LogP contribution in [0.25, 0.3) is 0 Å². The first-order valence-corrected chi connectivity index (χ1v) is 9.58. The van der Waals surface area contributed by atoms with Crippen molar-refractivity contribution in [1.29, 1.82) is 0 Å². The molecule has 0 aromatic heterocycles. The van der Waals surface area contributed by atoms with E-state index < -0.39 is 0 Å². The van der Waals surface area contributed by atoms with Crippen LogP contribution in [0.2, 0.25) is 0 Å². The van der Waals surface area contributed by atoms with Gasteiger partial charge in [-0.25, -0.2) is 0 Å². The van der Waals surface area contributed by atoms with Crippen molar-refractivity contribution in [3.8, 4) is 0 Å². The average Bonchev–Trinajstić information content (AvgIpc) is 3.25. The van der Waals surface area contributed by atoms with Crippen LogP contribution in [0.4, 0.5) is 0 Å². The maximum atomic E-state index is 13.1. The largest absolute Gasteiger partial charge is 0.491 e. The highest BCUT2D eigenvalue weighted by Crippen LogP contribution is 2.51. The van der Waals surface area contributed by atoms with Crippen LogP contribution in [0.15, 0.2) is 41.9 Å². The van der Waals surface area contributed by atoms with Gasteiger partial charge in [0.1, 0.15) is 19.0 Å². The minimum Gasteiger partial charge on any atom is -0.491 e. The summed E-state index contributed by atoms with van der Waals surface area (Å²) in [4.78, 5) is 23.4. The molecule has 152 valence electrons. The first-order valence-electron chi connectivity index (χ1n) is 9.58. The summed E-state index contributed by atoms with van der Waals surface area (Å²) in [6.45, 7) is 2.54. The number of aliphatic hydroxyl groups is 1. The third kappa shape index (κ3) is 3.71. The van der Waals surface area contributed by atoms with E-state index in [0.29, 0.717) is 24.7 Å². The molecule has 3 aliphatic heterocycles. The van der Waals surface area contributed by atoms with Crippen molar-refractivity contribution in [3.63, 3.8) is 0 Å². The fourth-order valence-corrected chi connectivity index (χ4v) is 4.85. The quantitative estimate of drug-likeness (QED) is 0.764. The van der Waals surface area contributed by atoms with Gasteiger partial charge in [-0.2, -0.15) is 0 Å². The van der Waals surface area contributed by atoms with Gasteiger partial charge in [0, 0.05) is 17.5 Å². The summed E-state index contributed by atoms with van der Waals surface area (Å²) in [5.74, 6) is 0.838. The summed E-state index contributed by atoms with van der Waals surface area (Å²) in [6, 6.07) is 10.5. The third-order valence-corrected chi connectivity index (χ3v) is 5.96. The van der Waals surface area contributed by atoms with Crippen LogP contribution in [0.5, 0.6) is 0 Å². The Bertz CT molecular complexity index is 734. The van der Waals surface area contributed by atoms with Gasteiger partial charge in [0.15, 0.2) is 0 Å². The molecule has 1 aromatic carbocycles. The molecule has 0 radical (unpaired) electrons. The zero-order valence-electron chi connectivity index (χ0n) is 16.0. The maximum absolute atomic E-state index is 13.1. The molecule has 7 nitrogen and oxygen atoms in total. The van der Waals surface area contributed by atoms with E-state index in [1.165, 1.54) is 5.56 Å². The van der Waals surface area contributed by atoms with Crippen molar-refractivity contribution in [2.75, 3.05) is 19.8 Å². The molecular weight excluding hydrogens is 362 g/mol. The molecule has 0 aliphatic carbocycles. The first kappa shape index (κ1) is 20.2. The molecule has 2 fully saturated rings. The van der Waals surface area contributed by atoms with Gasteiger partial charge >= 0.3 is 0 Å². The van der Waals surface area contributed by atoms with Gasteiger partial charge < -0.3 is 24.6 Å². The van der Waals surface area contributed by atoms with E-state index in [1.54, 1.807) is 6.92 Å². The lowest BCUT2D eigenvalue weighted by atomic mass is 9.70. The van der Waals surface area contributed by atoms with Crippen LogP contribution >= 0.6 is 0 Å². The molecule has 0 saturated carbocycles. The van der Waals surface area contributed by atoms with Crippen molar-refractivity contribution < 1.29 is 29.3 Å². The zero-order chi connectivity index (χ0) is 20.1. The van der Waals surface area contributed by atoms with E-state index in [9.17, 15) is 9.90 Å². The number of carboxylic acid groups (broad SMARTS) is 1. The molecule has 4 rings (SSSR count). The van der Waals surface area contributed by atoms with E-state index >= 15 is 0 Å². The highest BCUT2D eigenvalue weighted by atomic mass is 16.6. The van der Waals surface area contributed by atoms with Crippen molar-refractivity contribution in [2.24, 2.45) is 5.41 Å². The third-order valence-electron chi connectivity index (χ3n) is 5.96. The number of fused-ring (bicyclic) bond motifs is 2. The number of amides is 1. The smallest absolute Gasteiger partial charge is 0.293 e. The van der Waals surface area contributed by atoms with Gasteiger partial charge in [-0.15, -0.1) is 0 Å². The minimum absolute atomic E-state index is 0.0565. The van der Waals surface area contributed by atoms with Crippen LogP contribution < -0.4 is 0 Å². The summed E-state index contributed by atoms with van der Waals surface area (Å²) < 4.78 is 11.1. The molecule has 28 heavy (non-hydrogen) atoms. The minimum atomic E-state index is -0.260. The predicted molar refractivity (Wildman–Crippen MR) is 101 cm³/mol. The second-order valence-electron chi connectivity index (χ2n) is 7.53. The molecule has 7 heteroatoms. The first-order chi connectivity index (χ1) is 13.6. The number of benzene rings is 1. The summed E-state index contributed by atoms with van der Waals surface area (Å²) in [6.07, 6.45) is 3.59. The lowest BCUT2D eigenvalue weighted by Gasteiger charge is -2.36. The Morgan fingerprint density at radius 2 is 1.93 bits per heavy atom. The maximum Gasteiger partial charge on any atom is 0.293 e. The summed E-state index contributed by atoms with van der Waals surface area (Å²) in [7, 11) is 0. The van der Waals surface area contributed by atoms with E-state index in [4.69, 9.17) is 19.4 Å². The molecule has 3 atom stereocenters. The number of carbonyl (C=O) groups is 2. The zero-order valence-corrected chi connectivity index (χ0v) is 16.0.